The fourth-order valence-corrected chi connectivity index (χ4v) is 3.59. The lowest BCUT2D eigenvalue weighted by Gasteiger charge is -2.09. The number of anilines is 1. The zero-order chi connectivity index (χ0) is 24.0. The molecule has 2 aromatic heterocycles. The minimum atomic E-state index is -0.296. The van der Waals surface area contributed by atoms with Crippen LogP contribution in [0.4, 0.5) is 5.69 Å². The standard InChI is InChI=1S/C28H22N4O3/c1-2-25(33)31-21-11-7-13-23(15-21)35-26-17-30-28-27(32-26)24(16-29-28)20-10-6-12-22(14-20)34-18-19-8-4-3-5-9-19/h2-17H,1,18H2,(H,29,30)(H,31,33). The number of amides is 1. The first-order chi connectivity index (χ1) is 17.2. The van der Waals surface area contributed by atoms with E-state index in [1.165, 1.54) is 6.08 Å². The van der Waals surface area contributed by atoms with E-state index in [-0.39, 0.29) is 5.91 Å². The summed E-state index contributed by atoms with van der Waals surface area (Å²) < 4.78 is 11.9. The van der Waals surface area contributed by atoms with E-state index in [1.54, 1.807) is 30.5 Å². The van der Waals surface area contributed by atoms with Crippen molar-refractivity contribution < 1.29 is 14.3 Å². The van der Waals surface area contributed by atoms with Gasteiger partial charge in [-0.1, -0.05) is 55.1 Å². The Labute approximate surface area is 202 Å². The van der Waals surface area contributed by atoms with Crippen LogP contribution in [-0.2, 0) is 11.4 Å². The summed E-state index contributed by atoms with van der Waals surface area (Å²) in [5, 5.41) is 2.71. The van der Waals surface area contributed by atoms with Gasteiger partial charge in [0.15, 0.2) is 5.65 Å². The number of H-pyrrole nitrogens is 1. The quantitative estimate of drug-likeness (QED) is 0.271. The van der Waals surface area contributed by atoms with Gasteiger partial charge in [0.25, 0.3) is 0 Å². The molecule has 0 bridgehead atoms. The lowest BCUT2D eigenvalue weighted by Crippen LogP contribution is -2.07. The van der Waals surface area contributed by atoms with Crippen LogP contribution in [0.2, 0.25) is 0 Å². The number of aromatic amines is 1. The first kappa shape index (κ1) is 21.9. The monoisotopic (exact) mass is 462 g/mol. The van der Waals surface area contributed by atoms with Crippen molar-refractivity contribution in [3.63, 3.8) is 0 Å². The number of benzene rings is 3. The molecule has 5 rings (SSSR count). The molecule has 7 heteroatoms. The fraction of sp³-hybridized carbons (Fsp3) is 0.0357. The third-order valence-corrected chi connectivity index (χ3v) is 5.26. The van der Waals surface area contributed by atoms with E-state index in [1.807, 2.05) is 60.8 Å². The number of hydrogen-bond acceptors (Lipinski definition) is 5. The van der Waals surface area contributed by atoms with Crippen LogP contribution in [0.1, 0.15) is 5.56 Å². The summed E-state index contributed by atoms with van der Waals surface area (Å²) in [5.74, 6) is 1.32. The molecule has 3 aromatic carbocycles. The van der Waals surface area contributed by atoms with Crippen molar-refractivity contribution in [3.8, 4) is 28.5 Å². The van der Waals surface area contributed by atoms with Crippen LogP contribution in [0.5, 0.6) is 17.4 Å². The number of carbonyl (C=O) groups excluding carboxylic acids is 1. The average molecular weight is 463 g/mol. The number of nitrogens with one attached hydrogen (secondary N) is 2. The first-order valence-corrected chi connectivity index (χ1v) is 11.0. The Morgan fingerprint density at radius 2 is 1.83 bits per heavy atom. The van der Waals surface area contributed by atoms with Crippen molar-refractivity contribution in [1.29, 1.82) is 0 Å². The highest BCUT2D eigenvalue weighted by molar-refractivity contribution is 5.99. The highest BCUT2D eigenvalue weighted by atomic mass is 16.5. The normalized spacial score (nSPS) is 10.6. The highest BCUT2D eigenvalue weighted by Crippen LogP contribution is 2.31. The number of fused-ring (bicyclic) bond motifs is 1. The van der Waals surface area contributed by atoms with Crippen LogP contribution in [-0.4, -0.2) is 20.9 Å². The average Bonchev–Trinajstić information content (AvgIpc) is 3.32. The van der Waals surface area contributed by atoms with Crippen molar-refractivity contribution in [2.75, 3.05) is 5.32 Å². The molecule has 0 radical (unpaired) electrons. The van der Waals surface area contributed by atoms with Crippen molar-refractivity contribution in [2.24, 2.45) is 0 Å². The molecule has 172 valence electrons. The lowest BCUT2D eigenvalue weighted by atomic mass is 10.1. The predicted octanol–water partition coefficient (Wildman–Crippen LogP) is 6.12. The smallest absolute Gasteiger partial charge is 0.247 e. The molecule has 35 heavy (non-hydrogen) atoms. The third kappa shape index (κ3) is 5.20. The van der Waals surface area contributed by atoms with Gasteiger partial charge in [0, 0.05) is 23.5 Å². The molecule has 0 aliphatic heterocycles. The summed E-state index contributed by atoms with van der Waals surface area (Å²) in [5.41, 5.74) is 4.85. The molecular weight excluding hydrogens is 440 g/mol. The van der Waals surface area contributed by atoms with Gasteiger partial charge in [0.1, 0.15) is 23.6 Å². The Kier molecular flexibility index (Phi) is 6.21. The van der Waals surface area contributed by atoms with Gasteiger partial charge in [-0.2, -0.15) is 0 Å². The zero-order valence-electron chi connectivity index (χ0n) is 18.8. The molecule has 0 saturated carbocycles. The topological polar surface area (TPSA) is 89.1 Å². The number of rotatable bonds is 8. The molecule has 1 amide bonds. The van der Waals surface area contributed by atoms with Gasteiger partial charge in [-0.15, -0.1) is 0 Å². The second kappa shape index (κ2) is 9.93. The van der Waals surface area contributed by atoms with Crippen LogP contribution in [0.15, 0.2) is 104 Å². The van der Waals surface area contributed by atoms with Crippen LogP contribution < -0.4 is 14.8 Å². The lowest BCUT2D eigenvalue weighted by molar-refractivity contribution is -0.111. The Bertz CT molecular complexity index is 1490. The van der Waals surface area contributed by atoms with Gasteiger partial charge in [-0.3, -0.25) is 4.79 Å². The van der Waals surface area contributed by atoms with Crippen LogP contribution in [0, 0.1) is 0 Å². The summed E-state index contributed by atoms with van der Waals surface area (Å²) in [6.45, 7) is 3.95. The van der Waals surface area contributed by atoms with E-state index in [0.29, 0.717) is 35.1 Å². The molecule has 0 aliphatic carbocycles. The Balaban J connectivity index is 1.38. The highest BCUT2D eigenvalue weighted by Gasteiger charge is 2.12. The maximum Gasteiger partial charge on any atom is 0.247 e. The second-order valence-corrected chi connectivity index (χ2v) is 7.73. The zero-order valence-corrected chi connectivity index (χ0v) is 18.8. The van der Waals surface area contributed by atoms with E-state index in [2.05, 4.69) is 26.8 Å². The minimum absolute atomic E-state index is 0.296. The number of aromatic nitrogens is 3. The largest absolute Gasteiger partial charge is 0.489 e. The number of carbonyl (C=O) groups is 1. The first-order valence-electron chi connectivity index (χ1n) is 11.0. The van der Waals surface area contributed by atoms with E-state index in [4.69, 9.17) is 9.47 Å². The van der Waals surface area contributed by atoms with Crippen molar-refractivity contribution >= 4 is 22.8 Å². The summed E-state index contributed by atoms with van der Waals surface area (Å²) in [6, 6.07) is 24.9. The molecule has 0 saturated heterocycles. The van der Waals surface area contributed by atoms with Gasteiger partial charge in [0.2, 0.25) is 11.8 Å². The second-order valence-electron chi connectivity index (χ2n) is 7.73. The van der Waals surface area contributed by atoms with Gasteiger partial charge in [-0.05, 0) is 41.5 Å². The predicted molar refractivity (Wildman–Crippen MR) is 135 cm³/mol. The molecule has 0 fully saturated rings. The molecule has 7 nitrogen and oxygen atoms in total. The molecule has 0 unspecified atom stereocenters. The minimum Gasteiger partial charge on any atom is -0.489 e. The van der Waals surface area contributed by atoms with Crippen LogP contribution >= 0.6 is 0 Å². The van der Waals surface area contributed by atoms with E-state index in [0.717, 1.165) is 22.4 Å². The molecule has 0 spiro atoms. The maximum atomic E-state index is 11.6. The SMILES string of the molecule is C=CC(=O)Nc1cccc(Oc2cnc3[nH]cc(-c4cccc(OCc5ccccc5)c4)c3n2)c1. The maximum absolute atomic E-state index is 11.6. The Morgan fingerprint density at radius 3 is 2.69 bits per heavy atom. The molecular formula is C28H22N4O3. The summed E-state index contributed by atoms with van der Waals surface area (Å²) in [7, 11) is 0. The molecule has 0 aliphatic rings. The van der Waals surface area contributed by atoms with Crippen LogP contribution in [0.25, 0.3) is 22.3 Å². The van der Waals surface area contributed by atoms with Crippen molar-refractivity contribution in [2.45, 2.75) is 6.61 Å². The molecule has 5 aromatic rings. The van der Waals surface area contributed by atoms with Gasteiger partial charge in [0.05, 0.1) is 6.20 Å². The summed E-state index contributed by atoms with van der Waals surface area (Å²) in [6.07, 6.45) is 4.63. The van der Waals surface area contributed by atoms with Crippen LogP contribution in [0.3, 0.4) is 0 Å². The summed E-state index contributed by atoms with van der Waals surface area (Å²) in [4.78, 5) is 23.9. The molecule has 0 atom stereocenters. The third-order valence-electron chi connectivity index (χ3n) is 5.26. The van der Waals surface area contributed by atoms with Gasteiger partial charge >= 0.3 is 0 Å². The molecule has 2 heterocycles. The molecule has 2 N–H and O–H groups in total. The summed E-state index contributed by atoms with van der Waals surface area (Å²) >= 11 is 0. The fourth-order valence-electron chi connectivity index (χ4n) is 3.59. The Morgan fingerprint density at radius 1 is 1.00 bits per heavy atom. The number of hydrogen-bond donors (Lipinski definition) is 2. The Hall–Kier alpha value is -4.91. The van der Waals surface area contributed by atoms with E-state index >= 15 is 0 Å². The van der Waals surface area contributed by atoms with E-state index in [9.17, 15) is 4.79 Å². The van der Waals surface area contributed by atoms with Gasteiger partial charge in [-0.25, -0.2) is 9.97 Å². The number of ether oxygens (including phenoxy) is 2. The van der Waals surface area contributed by atoms with Gasteiger partial charge < -0.3 is 19.8 Å². The van der Waals surface area contributed by atoms with Crippen molar-refractivity contribution in [3.05, 3.63) is 109 Å². The van der Waals surface area contributed by atoms with Crippen molar-refractivity contribution in [1.82, 2.24) is 15.0 Å². The van der Waals surface area contributed by atoms with E-state index < -0.39 is 0 Å². The number of nitrogens with zero attached hydrogens (tertiary/aromatic N) is 2.